The van der Waals surface area contributed by atoms with Crippen molar-refractivity contribution in [1.82, 2.24) is 15.3 Å². The molecule has 0 saturated heterocycles. The van der Waals surface area contributed by atoms with E-state index in [1.807, 2.05) is 41.8 Å². The summed E-state index contributed by atoms with van der Waals surface area (Å²) in [6.45, 7) is 0.945. The van der Waals surface area contributed by atoms with Crippen molar-refractivity contribution in [3.63, 3.8) is 0 Å². The average Bonchev–Trinajstić information content (AvgIpc) is 3.14. The molecular weight excluding hydrogens is 362 g/mol. The van der Waals surface area contributed by atoms with Gasteiger partial charge in [-0.05, 0) is 36.2 Å². The number of thiazole rings is 1. The van der Waals surface area contributed by atoms with Crippen LogP contribution in [0.15, 0.2) is 54.2 Å². The monoisotopic (exact) mass is 383 g/mol. The van der Waals surface area contributed by atoms with Gasteiger partial charge in [0, 0.05) is 18.1 Å². The van der Waals surface area contributed by atoms with Crippen LogP contribution in [0.1, 0.15) is 16.3 Å². The summed E-state index contributed by atoms with van der Waals surface area (Å²) in [5, 5.41) is 5.65. The standard InChI is InChI=1S/C20H21N3O3S/c1-25-17-5-2-4-15(10-17)7-9-22-19(24)11-16-14-27-20(23-16)13-26-18-6-3-8-21-12-18/h2-6,8,10,12,14H,7,9,11,13H2,1H3,(H,22,24). The Morgan fingerprint density at radius 3 is 2.93 bits per heavy atom. The maximum atomic E-state index is 12.1. The van der Waals surface area contributed by atoms with Crippen LogP contribution < -0.4 is 14.8 Å². The fourth-order valence-electron chi connectivity index (χ4n) is 2.48. The Balaban J connectivity index is 1.41. The van der Waals surface area contributed by atoms with Crippen molar-refractivity contribution in [2.75, 3.05) is 13.7 Å². The Labute approximate surface area is 162 Å². The molecule has 0 aliphatic carbocycles. The summed E-state index contributed by atoms with van der Waals surface area (Å²) in [4.78, 5) is 20.6. The molecule has 7 heteroatoms. The summed E-state index contributed by atoms with van der Waals surface area (Å²) in [5.74, 6) is 1.48. The highest BCUT2D eigenvalue weighted by Crippen LogP contribution is 2.15. The summed E-state index contributed by atoms with van der Waals surface area (Å²) in [7, 11) is 1.64. The average molecular weight is 383 g/mol. The Morgan fingerprint density at radius 2 is 2.11 bits per heavy atom. The van der Waals surface area contributed by atoms with Crippen LogP contribution in [0, 0.1) is 0 Å². The van der Waals surface area contributed by atoms with E-state index < -0.39 is 0 Å². The van der Waals surface area contributed by atoms with Gasteiger partial charge >= 0.3 is 0 Å². The van der Waals surface area contributed by atoms with E-state index in [1.54, 1.807) is 19.5 Å². The van der Waals surface area contributed by atoms with Crippen LogP contribution in [0.4, 0.5) is 0 Å². The van der Waals surface area contributed by atoms with Gasteiger partial charge in [0.2, 0.25) is 5.91 Å². The lowest BCUT2D eigenvalue weighted by atomic mass is 10.1. The van der Waals surface area contributed by atoms with Crippen molar-refractivity contribution in [2.45, 2.75) is 19.4 Å². The molecule has 1 N–H and O–H groups in total. The predicted octanol–water partition coefficient (Wildman–Crippen LogP) is 3.03. The van der Waals surface area contributed by atoms with Gasteiger partial charge in [-0.3, -0.25) is 9.78 Å². The topological polar surface area (TPSA) is 73.3 Å². The number of aromatic nitrogens is 2. The molecule has 0 fully saturated rings. The molecule has 2 heterocycles. The molecular formula is C20H21N3O3S. The summed E-state index contributed by atoms with van der Waals surface area (Å²) in [6.07, 6.45) is 4.37. The molecule has 0 atom stereocenters. The number of hydrogen-bond donors (Lipinski definition) is 1. The van der Waals surface area contributed by atoms with E-state index in [0.717, 1.165) is 28.4 Å². The minimum atomic E-state index is -0.0390. The molecule has 0 aliphatic rings. The number of hydrogen-bond acceptors (Lipinski definition) is 6. The number of pyridine rings is 1. The third-order valence-electron chi connectivity index (χ3n) is 3.81. The van der Waals surface area contributed by atoms with Crippen LogP contribution in [0.25, 0.3) is 0 Å². The molecule has 1 amide bonds. The van der Waals surface area contributed by atoms with Gasteiger partial charge in [-0.2, -0.15) is 0 Å². The Kier molecular flexibility index (Phi) is 6.76. The fraction of sp³-hybridized carbons (Fsp3) is 0.250. The number of ether oxygens (including phenoxy) is 2. The second-order valence-electron chi connectivity index (χ2n) is 5.84. The Bertz CT molecular complexity index is 868. The number of amides is 1. The minimum Gasteiger partial charge on any atom is -0.497 e. The maximum absolute atomic E-state index is 12.1. The van der Waals surface area contributed by atoms with E-state index in [9.17, 15) is 4.79 Å². The number of rotatable bonds is 9. The number of nitrogens with one attached hydrogen (secondary N) is 1. The number of nitrogens with zero attached hydrogens (tertiary/aromatic N) is 2. The van der Waals surface area contributed by atoms with Crippen molar-refractivity contribution >= 4 is 17.2 Å². The van der Waals surface area contributed by atoms with Crippen LogP contribution in [-0.2, 0) is 24.2 Å². The zero-order chi connectivity index (χ0) is 18.9. The maximum Gasteiger partial charge on any atom is 0.226 e. The van der Waals surface area contributed by atoms with Crippen molar-refractivity contribution in [2.24, 2.45) is 0 Å². The van der Waals surface area contributed by atoms with E-state index in [1.165, 1.54) is 11.3 Å². The second kappa shape index (κ2) is 9.68. The van der Waals surface area contributed by atoms with Gasteiger partial charge in [0.25, 0.3) is 0 Å². The molecule has 0 aliphatic heterocycles. The van der Waals surface area contributed by atoms with Gasteiger partial charge in [0.15, 0.2) is 0 Å². The van der Waals surface area contributed by atoms with Crippen LogP contribution in [0.3, 0.4) is 0 Å². The quantitative estimate of drug-likeness (QED) is 0.615. The van der Waals surface area contributed by atoms with E-state index in [4.69, 9.17) is 9.47 Å². The van der Waals surface area contributed by atoms with Crippen LogP contribution in [0.2, 0.25) is 0 Å². The molecule has 3 rings (SSSR count). The minimum absolute atomic E-state index is 0.0390. The van der Waals surface area contributed by atoms with Gasteiger partial charge in [0.1, 0.15) is 23.1 Å². The van der Waals surface area contributed by atoms with Crippen LogP contribution >= 0.6 is 11.3 Å². The summed E-state index contributed by atoms with van der Waals surface area (Å²) in [5.41, 5.74) is 1.88. The largest absolute Gasteiger partial charge is 0.497 e. The third kappa shape index (κ3) is 6.07. The van der Waals surface area contributed by atoms with Crippen molar-refractivity contribution < 1.29 is 14.3 Å². The molecule has 3 aromatic rings. The smallest absolute Gasteiger partial charge is 0.226 e. The second-order valence-corrected chi connectivity index (χ2v) is 6.78. The van der Waals surface area contributed by atoms with Gasteiger partial charge in [0.05, 0.1) is 25.4 Å². The lowest BCUT2D eigenvalue weighted by molar-refractivity contribution is -0.120. The predicted molar refractivity (Wildman–Crippen MR) is 104 cm³/mol. The molecule has 0 unspecified atom stereocenters. The highest BCUT2D eigenvalue weighted by Gasteiger charge is 2.08. The molecule has 0 spiro atoms. The first-order chi connectivity index (χ1) is 13.2. The van der Waals surface area contributed by atoms with Gasteiger partial charge in [-0.25, -0.2) is 4.98 Å². The summed E-state index contributed by atoms with van der Waals surface area (Å²) in [6, 6.07) is 11.5. The number of carbonyl (C=O) groups is 1. The van der Waals surface area contributed by atoms with Crippen molar-refractivity contribution in [3.05, 3.63) is 70.4 Å². The Hall–Kier alpha value is -2.93. The first-order valence-corrected chi connectivity index (χ1v) is 9.46. The highest BCUT2D eigenvalue weighted by molar-refractivity contribution is 7.09. The van der Waals surface area contributed by atoms with Crippen molar-refractivity contribution in [1.29, 1.82) is 0 Å². The van der Waals surface area contributed by atoms with Gasteiger partial charge in [-0.15, -0.1) is 11.3 Å². The van der Waals surface area contributed by atoms with Gasteiger partial charge in [-0.1, -0.05) is 12.1 Å². The lowest BCUT2D eigenvalue weighted by Crippen LogP contribution is -2.27. The van der Waals surface area contributed by atoms with E-state index >= 15 is 0 Å². The van der Waals surface area contributed by atoms with Crippen LogP contribution in [-0.4, -0.2) is 29.5 Å². The molecule has 2 aromatic heterocycles. The summed E-state index contributed by atoms with van der Waals surface area (Å²) < 4.78 is 10.8. The zero-order valence-corrected chi connectivity index (χ0v) is 15.9. The van der Waals surface area contributed by atoms with Crippen LogP contribution in [0.5, 0.6) is 11.5 Å². The number of methoxy groups -OCH3 is 1. The first-order valence-electron chi connectivity index (χ1n) is 8.58. The normalized spacial score (nSPS) is 10.4. The number of carbonyl (C=O) groups excluding carboxylic acids is 1. The molecule has 27 heavy (non-hydrogen) atoms. The zero-order valence-electron chi connectivity index (χ0n) is 15.1. The lowest BCUT2D eigenvalue weighted by Gasteiger charge is -2.06. The molecule has 1 aromatic carbocycles. The molecule has 0 radical (unpaired) electrons. The third-order valence-corrected chi connectivity index (χ3v) is 4.68. The summed E-state index contributed by atoms with van der Waals surface area (Å²) >= 11 is 1.49. The van der Waals surface area contributed by atoms with Crippen molar-refractivity contribution in [3.8, 4) is 11.5 Å². The molecule has 0 saturated carbocycles. The van der Waals surface area contributed by atoms with E-state index in [0.29, 0.717) is 18.9 Å². The van der Waals surface area contributed by atoms with Gasteiger partial charge < -0.3 is 14.8 Å². The molecule has 0 bridgehead atoms. The first kappa shape index (κ1) is 18.8. The van der Waals surface area contributed by atoms with E-state index in [2.05, 4.69) is 15.3 Å². The number of benzene rings is 1. The Morgan fingerprint density at radius 1 is 1.22 bits per heavy atom. The molecule has 140 valence electrons. The van der Waals surface area contributed by atoms with E-state index in [-0.39, 0.29) is 12.3 Å². The molecule has 6 nitrogen and oxygen atoms in total. The fourth-order valence-corrected chi connectivity index (χ4v) is 3.18. The highest BCUT2D eigenvalue weighted by atomic mass is 32.1. The SMILES string of the molecule is COc1cccc(CCNC(=O)Cc2csc(COc3cccnc3)n2)c1.